The second-order valence-electron chi connectivity index (χ2n) is 4.08. The smallest absolute Gasteiger partial charge is 0.233 e. The highest BCUT2D eigenvalue weighted by Crippen LogP contribution is 2.14. The van der Waals surface area contributed by atoms with Gasteiger partial charge in [-0.05, 0) is 31.9 Å². The van der Waals surface area contributed by atoms with Gasteiger partial charge in [0.25, 0.3) is 0 Å². The SMILES string of the molecule is CCC(C)NC(=O)C(C)SCC(C)CO. The van der Waals surface area contributed by atoms with E-state index in [4.69, 9.17) is 5.11 Å². The monoisotopic (exact) mass is 233 g/mol. The van der Waals surface area contributed by atoms with Crippen LogP contribution >= 0.6 is 11.8 Å². The Bertz CT molecular complexity index is 187. The van der Waals surface area contributed by atoms with E-state index in [0.29, 0.717) is 0 Å². The van der Waals surface area contributed by atoms with Crippen LogP contribution in [0, 0.1) is 5.92 Å². The molecule has 0 aliphatic carbocycles. The highest BCUT2D eigenvalue weighted by atomic mass is 32.2. The highest BCUT2D eigenvalue weighted by molar-refractivity contribution is 8.00. The fourth-order valence-electron chi connectivity index (χ4n) is 0.899. The van der Waals surface area contributed by atoms with Gasteiger partial charge in [0.05, 0.1) is 5.25 Å². The molecule has 0 bridgehead atoms. The summed E-state index contributed by atoms with van der Waals surface area (Å²) in [6.45, 7) is 8.13. The van der Waals surface area contributed by atoms with Gasteiger partial charge in [-0.15, -0.1) is 11.8 Å². The molecule has 0 aromatic rings. The van der Waals surface area contributed by atoms with Crippen LogP contribution in [0.15, 0.2) is 0 Å². The third kappa shape index (κ3) is 6.79. The Hall–Kier alpha value is -0.220. The predicted octanol–water partition coefficient (Wildman–Crippen LogP) is 1.65. The summed E-state index contributed by atoms with van der Waals surface area (Å²) in [5.41, 5.74) is 0. The third-order valence-corrected chi connectivity index (χ3v) is 3.79. The lowest BCUT2D eigenvalue weighted by Crippen LogP contribution is -2.37. The molecule has 2 N–H and O–H groups in total. The van der Waals surface area contributed by atoms with Gasteiger partial charge in [0, 0.05) is 12.6 Å². The number of hydrogen-bond acceptors (Lipinski definition) is 3. The Kier molecular flexibility index (Phi) is 7.88. The summed E-state index contributed by atoms with van der Waals surface area (Å²) in [6, 6.07) is 0.246. The number of aliphatic hydroxyl groups excluding tert-OH is 1. The lowest BCUT2D eigenvalue weighted by molar-refractivity contribution is -0.120. The summed E-state index contributed by atoms with van der Waals surface area (Å²) in [7, 11) is 0. The summed E-state index contributed by atoms with van der Waals surface area (Å²) in [6.07, 6.45) is 0.955. The molecule has 0 aliphatic heterocycles. The van der Waals surface area contributed by atoms with Crippen molar-refractivity contribution in [1.82, 2.24) is 5.32 Å². The van der Waals surface area contributed by atoms with E-state index in [9.17, 15) is 4.79 Å². The molecule has 0 spiro atoms. The first-order valence-electron chi connectivity index (χ1n) is 5.54. The molecule has 0 fully saturated rings. The highest BCUT2D eigenvalue weighted by Gasteiger charge is 2.15. The summed E-state index contributed by atoms with van der Waals surface area (Å²) < 4.78 is 0. The van der Waals surface area contributed by atoms with Crippen molar-refractivity contribution in [2.24, 2.45) is 5.92 Å². The zero-order valence-corrected chi connectivity index (χ0v) is 10.9. The first kappa shape index (κ1) is 14.8. The molecule has 3 atom stereocenters. The molecule has 0 aliphatic rings. The maximum Gasteiger partial charge on any atom is 0.233 e. The fourth-order valence-corrected chi connectivity index (χ4v) is 1.84. The Morgan fingerprint density at radius 3 is 2.47 bits per heavy atom. The minimum absolute atomic E-state index is 0.0343. The normalized spacial score (nSPS) is 16.9. The van der Waals surface area contributed by atoms with E-state index in [2.05, 4.69) is 12.2 Å². The minimum atomic E-state index is -0.0343. The van der Waals surface area contributed by atoms with Crippen LogP contribution in [-0.4, -0.2) is 34.7 Å². The standard InChI is InChI=1S/C11H23NO2S/c1-5-9(3)12-11(14)10(4)15-7-8(2)6-13/h8-10,13H,5-7H2,1-4H3,(H,12,14). The third-order valence-electron chi connectivity index (χ3n) is 2.31. The summed E-state index contributed by atoms with van der Waals surface area (Å²) >= 11 is 1.60. The van der Waals surface area contributed by atoms with Crippen LogP contribution in [0.3, 0.4) is 0 Å². The average molecular weight is 233 g/mol. The van der Waals surface area contributed by atoms with Crippen LogP contribution in [0.5, 0.6) is 0 Å². The average Bonchev–Trinajstić information content (AvgIpc) is 2.24. The summed E-state index contributed by atoms with van der Waals surface area (Å²) in [4.78, 5) is 11.6. The fraction of sp³-hybridized carbons (Fsp3) is 0.909. The number of carbonyl (C=O) groups excluding carboxylic acids is 1. The molecule has 3 unspecified atom stereocenters. The Balaban J connectivity index is 3.78. The maximum atomic E-state index is 11.6. The largest absolute Gasteiger partial charge is 0.396 e. The number of thioether (sulfide) groups is 1. The molecule has 15 heavy (non-hydrogen) atoms. The zero-order valence-electron chi connectivity index (χ0n) is 10.1. The van der Waals surface area contributed by atoms with Crippen LogP contribution < -0.4 is 5.32 Å². The molecule has 0 saturated heterocycles. The number of nitrogens with one attached hydrogen (secondary N) is 1. The number of rotatable bonds is 7. The molecule has 0 saturated carbocycles. The van der Waals surface area contributed by atoms with Crippen LogP contribution in [0.2, 0.25) is 0 Å². The first-order chi connectivity index (χ1) is 7.01. The lowest BCUT2D eigenvalue weighted by atomic mass is 10.2. The van der Waals surface area contributed by atoms with Gasteiger partial charge in [-0.3, -0.25) is 4.79 Å². The molecule has 1 amide bonds. The van der Waals surface area contributed by atoms with Crippen molar-refractivity contribution >= 4 is 17.7 Å². The lowest BCUT2D eigenvalue weighted by Gasteiger charge is -2.17. The van der Waals surface area contributed by atoms with Gasteiger partial charge in [-0.1, -0.05) is 13.8 Å². The zero-order chi connectivity index (χ0) is 11.8. The Morgan fingerprint density at radius 1 is 1.40 bits per heavy atom. The molecule has 0 rings (SSSR count). The van der Waals surface area contributed by atoms with Gasteiger partial charge in [0.2, 0.25) is 5.91 Å². The number of aliphatic hydroxyl groups is 1. The Labute approximate surface area is 97.0 Å². The predicted molar refractivity (Wildman–Crippen MR) is 66.1 cm³/mol. The van der Waals surface area contributed by atoms with Crippen molar-refractivity contribution in [3.63, 3.8) is 0 Å². The van der Waals surface area contributed by atoms with Crippen LogP contribution in [0.25, 0.3) is 0 Å². The van der Waals surface area contributed by atoms with E-state index in [-0.39, 0.29) is 29.7 Å². The molecule has 0 aromatic heterocycles. The molecule has 3 nitrogen and oxygen atoms in total. The van der Waals surface area contributed by atoms with Crippen molar-refractivity contribution in [2.45, 2.75) is 45.4 Å². The van der Waals surface area contributed by atoms with Crippen LogP contribution in [0.1, 0.15) is 34.1 Å². The van der Waals surface area contributed by atoms with E-state index in [1.54, 1.807) is 11.8 Å². The van der Waals surface area contributed by atoms with E-state index in [1.165, 1.54) is 0 Å². The van der Waals surface area contributed by atoms with Crippen molar-refractivity contribution in [3.05, 3.63) is 0 Å². The van der Waals surface area contributed by atoms with Crippen molar-refractivity contribution in [3.8, 4) is 0 Å². The van der Waals surface area contributed by atoms with Crippen LogP contribution in [-0.2, 0) is 4.79 Å². The first-order valence-corrected chi connectivity index (χ1v) is 6.58. The summed E-state index contributed by atoms with van der Waals surface area (Å²) in [5.74, 6) is 1.18. The quantitative estimate of drug-likeness (QED) is 0.703. The minimum Gasteiger partial charge on any atom is -0.396 e. The molecule has 0 heterocycles. The second-order valence-corrected chi connectivity index (χ2v) is 5.45. The van der Waals surface area contributed by atoms with E-state index < -0.39 is 0 Å². The molecular weight excluding hydrogens is 210 g/mol. The van der Waals surface area contributed by atoms with Crippen LogP contribution in [0.4, 0.5) is 0 Å². The molecule has 4 heteroatoms. The Morgan fingerprint density at radius 2 is 2.00 bits per heavy atom. The van der Waals surface area contributed by atoms with E-state index >= 15 is 0 Å². The van der Waals surface area contributed by atoms with Gasteiger partial charge in [-0.2, -0.15) is 0 Å². The van der Waals surface area contributed by atoms with Gasteiger partial charge in [0.1, 0.15) is 0 Å². The van der Waals surface area contributed by atoms with Crippen molar-refractivity contribution in [1.29, 1.82) is 0 Å². The summed E-state index contributed by atoms with van der Waals surface area (Å²) in [5, 5.41) is 11.8. The number of hydrogen-bond donors (Lipinski definition) is 2. The van der Waals surface area contributed by atoms with Gasteiger partial charge in [-0.25, -0.2) is 0 Å². The van der Waals surface area contributed by atoms with Gasteiger partial charge < -0.3 is 10.4 Å². The second kappa shape index (κ2) is 7.99. The van der Waals surface area contributed by atoms with E-state index in [0.717, 1.165) is 12.2 Å². The molecular formula is C11H23NO2S. The van der Waals surface area contributed by atoms with Gasteiger partial charge in [0.15, 0.2) is 0 Å². The van der Waals surface area contributed by atoms with Crippen molar-refractivity contribution in [2.75, 3.05) is 12.4 Å². The van der Waals surface area contributed by atoms with Gasteiger partial charge >= 0.3 is 0 Å². The van der Waals surface area contributed by atoms with Crippen molar-refractivity contribution < 1.29 is 9.90 Å². The maximum absolute atomic E-state index is 11.6. The molecule has 0 aromatic carbocycles. The number of carbonyl (C=O) groups is 1. The number of amides is 1. The molecule has 0 radical (unpaired) electrons. The topological polar surface area (TPSA) is 49.3 Å². The van der Waals surface area contributed by atoms with E-state index in [1.807, 2.05) is 20.8 Å². The molecule has 90 valence electrons.